The smallest absolute Gasteiger partial charge is 0.327 e. The van der Waals surface area contributed by atoms with Crippen LogP contribution in [0.25, 0.3) is 0 Å². The average molecular weight is 319 g/mol. The maximum Gasteiger partial charge on any atom is 0.327 e. The minimum absolute atomic E-state index is 0.0649. The van der Waals surface area contributed by atoms with E-state index in [0.717, 1.165) is 0 Å². The molecular formula is C12H12ClFN2O3S. The largest absolute Gasteiger partial charge is 0.480 e. The SMILES string of the molecule is O=C(O)C1CSCCN1C(=O)Nc1cccc(Cl)c1F. The van der Waals surface area contributed by atoms with Crippen LogP contribution in [0.15, 0.2) is 18.2 Å². The standard InChI is InChI=1S/C12H12ClFN2O3S/c13-7-2-1-3-8(10(7)14)15-12(19)16-4-5-20-6-9(16)11(17)18/h1-3,9H,4-6H2,(H,15,19)(H,17,18). The molecule has 1 atom stereocenters. The van der Waals surface area contributed by atoms with Gasteiger partial charge in [-0.05, 0) is 12.1 Å². The number of benzene rings is 1. The Labute approximate surface area is 124 Å². The molecule has 2 N–H and O–H groups in total. The average Bonchev–Trinajstić information content (AvgIpc) is 2.43. The monoisotopic (exact) mass is 318 g/mol. The maximum atomic E-state index is 13.7. The second-order valence-corrected chi connectivity index (χ2v) is 5.71. The minimum Gasteiger partial charge on any atom is -0.480 e. The van der Waals surface area contributed by atoms with E-state index in [2.05, 4.69) is 5.32 Å². The van der Waals surface area contributed by atoms with E-state index in [9.17, 15) is 14.0 Å². The lowest BCUT2D eigenvalue weighted by Crippen LogP contribution is -2.51. The molecule has 20 heavy (non-hydrogen) atoms. The van der Waals surface area contributed by atoms with Crippen LogP contribution in [0.2, 0.25) is 5.02 Å². The summed E-state index contributed by atoms with van der Waals surface area (Å²) in [7, 11) is 0. The number of halogens is 2. The number of hydrogen-bond acceptors (Lipinski definition) is 3. The zero-order valence-electron chi connectivity index (χ0n) is 10.3. The first-order chi connectivity index (χ1) is 9.50. The summed E-state index contributed by atoms with van der Waals surface area (Å²) >= 11 is 7.09. The molecule has 2 rings (SSSR count). The van der Waals surface area contributed by atoms with E-state index in [-0.39, 0.29) is 10.7 Å². The normalized spacial score (nSPS) is 18.7. The number of aliphatic carboxylic acids is 1. The second-order valence-electron chi connectivity index (χ2n) is 4.15. The molecule has 0 aromatic heterocycles. The van der Waals surface area contributed by atoms with Crippen LogP contribution in [0.5, 0.6) is 0 Å². The number of carboxylic acid groups (broad SMARTS) is 1. The Morgan fingerprint density at radius 3 is 2.95 bits per heavy atom. The highest BCUT2D eigenvalue weighted by atomic mass is 35.5. The number of carboxylic acids is 1. The molecule has 0 bridgehead atoms. The number of anilines is 1. The second kappa shape index (κ2) is 6.32. The summed E-state index contributed by atoms with van der Waals surface area (Å²) in [5, 5.41) is 11.3. The van der Waals surface area contributed by atoms with Crippen LogP contribution in [-0.2, 0) is 4.79 Å². The first kappa shape index (κ1) is 14.9. The highest BCUT2D eigenvalue weighted by Crippen LogP contribution is 2.23. The van der Waals surface area contributed by atoms with Crippen LogP contribution in [-0.4, -0.2) is 46.1 Å². The van der Waals surface area contributed by atoms with Gasteiger partial charge in [-0.15, -0.1) is 0 Å². The molecule has 1 fully saturated rings. The first-order valence-corrected chi connectivity index (χ1v) is 7.36. The summed E-state index contributed by atoms with van der Waals surface area (Å²) in [6.07, 6.45) is 0. The summed E-state index contributed by atoms with van der Waals surface area (Å²) < 4.78 is 13.7. The van der Waals surface area contributed by atoms with Crippen LogP contribution in [0, 0.1) is 5.82 Å². The predicted molar refractivity (Wildman–Crippen MR) is 75.9 cm³/mol. The van der Waals surface area contributed by atoms with Gasteiger partial charge in [0.1, 0.15) is 6.04 Å². The number of thioether (sulfide) groups is 1. The number of amides is 2. The van der Waals surface area contributed by atoms with Crippen molar-refractivity contribution in [2.24, 2.45) is 0 Å². The van der Waals surface area contributed by atoms with Crippen molar-refractivity contribution in [1.82, 2.24) is 4.90 Å². The summed E-state index contributed by atoms with van der Waals surface area (Å²) in [4.78, 5) is 24.4. The number of carbonyl (C=O) groups is 2. The van der Waals surface area contributed by atoms with Gasteiger partial charge in [0.15, 0.2) is 5.82 Å². The van der Waals surface area contributed by atoms with E-state index in [0.29, 0.717) is 18.1 Å². The van der Waals surface area contributed by atoms with E-state index >= 15 is 0 Å². The maximum absolute atomic E-state index is 13.7. The third kappa shape index (κ3) is 3.16. The van der Waals surface area contributed by atoms with E-state index in [1.165, 1.54) is 34.9 Å². The number of hydrogen-bond donors (Lipinski definition) is 2. The molecule has 1 heterocycles. The number of rotatable bonds is 2. The van der Waals surface area contributed by atoms with Crippen molar-refractivity contribution in [2.45, 2.75) is 6.04 Å². The lowest BCUT2D eigenvalue weighted by Gasteiger charge is -2.32. The van der Waals surface area contributed by atoms with Crippen molar-refractivity contribution < 1.29 is 19.1 Å². The van der Waals surface area contributed by atoms with Crippen LogP contribution in [0.1, 0.15) is 0 Å². The van der Waals surface area contributed by atoms with Gasteiger partial charge in [-0.3, -0.25) is 0 Å². The molecule has 1 unspecified atom stereocenters. The molecule has 0 radical (unpaired) electrons. The van der Waals surface area contributed by atoms with Crippen LogP contribution in [0.4, 0.5) is 14.9 Å². The molecule has 5 nitrogen and oxygen atoms in total. The van der Waals surface area contributed by atoms with Gasteiger partial charge in [-0.2, -0.15) is 11.8 Å². The van der Waals surface area contributed by atoms with Crippen LogP contribution < -0.4 is 5.32 Å². The lowest BCUT2D eigenvalue weighted by molar-refractivity contribution is -0.141. The third-order valence-corrected chi connectivity index (χ3v) is 4.18. The zero-order chi connectivity index (χ0) is 14.7. The Morgan fingerprint density at radius 2 is 2.25 bits per heavy atom. The van der Waals surface area contributed by atoms with E-state index in [1.54, 1.807) is 0 Å². The van der Waals surface area contributed by atoms with E-state index in [1.807, 2.05) is 0 Å². The Bertz CT molecular complexity index is 543. The molecule has 108 valence electrons. The molecule has 8 heteroatoms. The Hall–Kier alpha value is -1.47. The highest BCUT2D eigenvalue weighted by molar-refractivity contribution is 7.99. The summed E-state index contributed by atoms with van der Waals surface area (Å²) in [6.45, 7) is 0.301. The molecule has 1 aromatic rings. The molecule has 0 spiro atoms. The molecular weight excluding hydrogens is 307 g/mol. The first-order valence-electron chi connectivity index (χ1n) is 5.83. The Kier molecular flexibility index (Phi) is 4.72. The Morgan fingerprint density at radius 1 is 1.50 bits per heavy atom. The van der Waals surface area contributed by atoms with Crippen LogP contribution >= 0.6 is 23.4 Å². The van der Waals surface area contributed by atoms with Gasteiger partial charge in [0.05, 0.1) is 10.7 Å². The topological polar surface area (TPSA) is 69.6 Å². The van der Waals surface area contributed by atoms with Crippen molar-refractivity contribution in [3.63, 3.8) is 0 Å². The fraction of sp³-hybridized carbons (Fsp3) is 0.333. The minimum atomic E-state index is -1.07. The van der Waals surface area contributed by atoms with Crippen molar-refractivity contribution in [2.75, 3.05) is 23.4 Å². The number of nitrogens with zero attached hydrogens (tertiary/aromatic N) is 1. The highest BCUT2D eigenvalue weighted by Gasteiger charge is 2.32. The van der Waals surface area contributed by atoms with Gasteiger partial charge < -0.3 is 15.3 Å². The van der Waals surface area contributed by atoms with Crippen molar-refractivity contribution in [3.8, 4) is 0 Å². The lowest BCUT2D eigenvalue weighted by atomic mass is 10.2. The number of nitrogens with one attached hydrogen (secondary N) is 1. The summed E-state index contributed by atoms with van der Waals surface area (Å²) in [5.74, 6) is -0.838. The Balaban J connectivity index is 2.14. The van der Waals surface area contributed by atoms with E-state index < -0.39 is 23.9 Å². The molecule has 2 amide bonds. The van der Waals surface area contributed by atoms with Crippen LogP contribution in [0.3, 0.4) is 0 Å². The van der Waals surface area contributed by atoms with Crippen molar-refractivity contribution in [1.29, 1.82) is 0 Å². The fourth-order valence-corrected chi connectivity index (χ4v) is 3.05. The summed E-state index contributed by atoms with van der Waals surface area (Å²) in [5.41, 5.74) is -0.0649. The third-order valence-electron chi connectivity index (χ3n) is 2.87. The van der Waals surface area contributed by atoms with Crippen molar-refractivity contribution in [3.05, 3.63) is 29.0 Å². The molecule has 1 aliphatic heterocycles. The molecule has 0 saturated carbocycles. The van der Waals surface area contributed by atoms with Gasteiger partial charge in [0, 0.05) is 18.1 Å². The predicted octanol–water partition coefficient (Wildman–Crippen LogP) is 2.51. The van der Waals surface area contributed by atoms with Gasteiger partial charge >= 0.3 is 12.0 Å². The van der Waals surface area contributed by atoms with Gasteiger partial charge in [0.25, 0.3) is 0 Å². The molecule has 1 aliphatic rings. The quantitative estimate of drug-likeness (QED) is 0.879. The molecule has 1 aromatic carbocycles. The molecule has 1 saturated heterocycles. The van der Waals surface area contributed by atoms with Gasteiger partial charge in [-0.25, -0.2) is 14.0 Å². The fourth-order valence-electron chi connectivity index (χ4n) is 1.84. The molecule has 0 aliphatic carbocycles. The number of carbonyl (C=O) groups excluding carboxylic acids is 1. The summed E-state index contributed by atoms with van der Waals surface area (Å²) in [6, 6.07) is 2.69. The van der Waals surface area contributed by atoms with Gasteiger partial charge in [0.2, 0.25) is 0 Å². The number of urea groups is 1. The van der Waals surface area contributed by atoms with E-state index in [4.69, 9.17) is 16.7 Å². The zero-order valence-corrected chi connectivity index (χ0v) is 11.9. The van der Waals surface area contributed by atoms with Crippen molar-refractivity contribution >= 4 is 41.1 Å². The van der Waals surface area contributed by atoms with Gasteiger partial charge in [-0.1, -0.05) is 17.7 Å².